The van der Waals surface area contributed by atoms with Crippen molar-refractivity contribution in [2.45, 2.75) is 19.3 Å². The topological polar surface area (TPSA) is 52.7 Å². The molecule has 1 N–H and O–H groups in total. The fourth-order valence-corrected chi connectivity index (χ4v) is 3.36. The van der Waals surface area contributed by atoms with E-state index in [0.29, 0.717) is 25.2 Å². The largest absolute Gasteiger partial charge is 0.356 e. The van der Waals surface area contributed by atoms with Crippen LogP contribution in [0.5, 0.6) is 0 Å². The van der Waals surface area contributed by atoms with Crippen molar-refractivity contribution in [1.82, 2.24) is 15.1 Å². The predicted octanol–water partition coefficient (Wildman–Crippen LogP) is 2.37. The molecule has 1 heterocycles. The highest BCUT2D eigenvalue weighted by molar-refractivity contribution is 9.10. The minimum absolute atomic E-state index is 0.0209. The first kappa shape index (κ1) is 18.9. The van der Waals surface area contributed by atoms with Crippen molar-refractivity contribution in [2.24, 2.45) is 5.92 Å². The van der Waals surface area contributed by atoms with Crippen molar-refractivity contribution >= 4 is 27.7 Å². The van der Waals surface area contributed by atoms with Crippen LogP contribution < -0.4 is 5.32 Å². The number of carbonyl (C=O) groups excluding carboxylic acids is 2. The Hall–Kier alpha value is -1.40. The van der Waals surface area contributed by atoms with Crippen LogP contribution in [0, 0.1) is 5.92 Å². The summed E-state index contributed by atoms with van der Waals surface area (Å²) in [4.78, 5) is 28.7. The second-order valence-electron chi connectivity index (χ2n) is 6.49. The normalized spacial score (nSPS) is 15.6. The first-order chi connectivity index (χ1) is 11.5. The van der Waals surface area contributed by atoms with E-state index < -0.39 is 0 Å². The summed E-state index contributed by atoms with van der Waals surface area (Å²) < 4.78 is 0.816. The zero-order valence-corrected chi connectivity index (χ0v) is 16.0. The number of rotatable bonds is 6. The Labute approximate surface area is 152 Å². The second kappa shape index (κ2) is 9.18. The third-order valence-electron chi connectivity index (χ3n) is 4.34. The number of likely N-dealkylation sites (tertiary alicyclic amines) is 1. The number of piperidine rings is 1. The summed E-state index contributed by atoms with van der Waals surface area (Å²) >= 11 is 3.43. The Morgan fingerprint density at radius 1 is 1.25 bits per heavy atom. The van der Waals surface area contributed by atoms with E-state index in [-0.39, 0.29) is 17.7 Å². The van der Waals surface area contributed by atoms with Gasteiger partial charge >= 0.3 is 0 Å². The van der Waals surface area contributed by atoms with Crippen LogP contribution in [-0.4, -0.2) is 61.9 Å². The van der Waals surface area contributed by atoms with Gasteiger partial charge in [0.05, 0.1) is 5.56 Å². The van der Waals surface area contributed by atoms with Gasteiger partial charge in [-0.05, 0) is 68.0 Å². The number of hydrogen-bond acceptors (Lipinski definition) is 3. The smallest absolute Gasteiger partial charge is 0.254 e. The summed E-state index contributed by atoms with van der Waals surface area (Å²) in [6.07, 6.45) is 2.42. The van der Waals surface area contributed by atoms with Crippen molar-refractivity contribution in [3.8, 4) is 0 Å². The zero-order chi connectivity index (χ0) is 17.5. The van der Waals surface area contributed by atoms with Gasteiger partial charge in [0.2, 0.25) is 5.91 Å². The molecule has 24 heavy (non-hydrogen) atoms. The monoisotopic (exact) mass is 395 g/mol. The lowest BCUT2D eigenvalue weighted by atomic mass is 9.95. The van der Waals surface area contributed by atoms with Crippen LogP contribution in [-0.2, 0) is 4.79 Å². The van der Waals surface area contributed by atoms with Gasteiger partial charge in [-0.3, -0.25) is 9.59 Å². The summed E-state index contributed by atoms with van der Waals surface area (Å²) in [5.74, 6) is 0.182. The van der Waals surface area contributed by atoms with Crippen LogP contribution in [0.3, 0.4) is 0 Å². The zero-order valence-electron chi connectivity index (χ0n) is 14.4. The van der Waals surface area contributed by atoms with Crippen molar-refractivity contribution in [3.63, 3.8) is 0 Å². The molecule has 1 aromatic carbocycles. The maximum atomic E-state index is 12.6. The van der Waals surface area contributed by atoms with Crippen molar-refractivity contribution in [1.29, 1.82) is 0 Å². The SMILES string of the molecule is CN(C)CCCNC(=O)C1CCN(C(=O)c2ccccc2Br)CC1. The molecule has 1 aromatic rings. The first-order valence-corrected chi connectivity index (χ1v) is 9.24. The summed E-state index contributed by atoms with van der Waals surface area (Å²) in [5, 5.41) is 3.02. The molecule has 0 aliphatic carbocycles. The maximum Gasteiger partial charge on any atom is 0.254 e. The quantitative estimate of drug-likeness (QED) is 0.752. The summed E-state index contributed by atoms with van der Waals surface area (Å²) in [6, 6.07) is 7.47. The Balaban J connectivity index is 1.78. The molecule has 1 fully saturated rings. The minimum atomic E-state index is 0.0209. The molecule has 0 atom stereocenters. The molecule has 5 nitrogen and oxygen atoms in total. The number of nitrogens with zero attached hydrogens (tertiary/aromatic N) is 2. The van der Waals surface area contributed by atoms with Crippen LogP contribution in [0.1, 0.15) is 29.6 Å². The van der Waals surface area contributed by atoms with E-state index in [1.807, 2.05) is 43.3 Å². The maximum absolute atomic E-state index is 12.6. The van der Waals surface area contributed by atoms with Crippen molar-refractivity contribution in [3.05, 3.63) is 34.3 Å². The highest BCUT2D eigenvalue weighted by Gasteiger charge is 2.28. The van der Waals surface area contributed by atoms with Gasteiger partial charge in [-0.1, -0.05) is 12.1 Å². The summed E-state index contributed by atoms with van der Waals surface area (Å²) in [7, 11) is 4.05. The number of halogens is 1. The minimum Gasteiger partial charge on any atom is -0.356 e. The van der Waals surface area contributed by atoms with E-state index in [4.69, 9.17) is 0 Å². The van der Waals surface area contributed by atoms with E-state index in [1.54, 1.807) is 0 Å². The number of benzene rings is 1. The molecule has 1 aliphatic heterocycles. The van der Waals surface area contributed by atoms with Gasteiger partial charge in [-0.15, -0.1) is 0 Å². The lowest BCUT2D eigenvalue weighted by Gasteiger charge is -2.31. The lowest BCUT2D eigenvalue weighted by Crippen LogP contribution is -2.43. The van der Waals surface area contributed by atoms with Crippen LogP contribution >= 0.6 is 15.9 Å². The van der Waals surface area contributed by atoms with Gasteiger partial charge in [-0.2, -0.15) is 0 Å². The standard InChI is InChI=1S/C18H26BrN3O2/c1-21(2)11-5-10-20-17(23)14-8-12-22(13-9-14)18(24)15-6-3-4-7-16(15)19/h3-4,6-7,14H,5,8-13H2,1-2H3,(H,20,23). The van der Waals surface area contributed by atoms with E-state index in [0.717, 1.165) is 30.3 Å². The lowest BCUT2D eigenvalue weighted by molar-refractivity contribution is -0.126. The number of hydrogen-bond donors (Lipinski definition) is 1. The predicted molar refractivity (Wildman–Crippen MR) is 99.0 cm³/mol. The van der Waals surface area contributed by atoms with E-state index >= 15 is 0 Å². The molecular weight excluding hydrogens is 370 g/mol. The van der Waals surface area contributed by atoms with Crippen LogP contribution in [0.2, 0.25) is 0 Å². The molecule has 6 heteroatoms. The Kier molecular flexibility index (Phi) is 7.24. The average molecular weight is 396 g/mol. The van der Waals surface area contributed by atoms with Gasteiger partial charge in [-0.25, -0.2) is 0 Å². The molecular formula is C18H26BrN3O2. The molecule has 0 spiro atoms. The third-order valence-corrected chi connectivity index (χ3v) is 5.03. The van der Waals surface area contributed by atoms with Crippen LogP contribution in [0.4, 0.5) is 0 Å². The van der Waals surface area contributed by atoms with Gasteiger partial charge in [0.1, 0.15) is 0 Å². The molecule has 0 radical (unpaired) electrons. The highest BCUT2D eigenvalue weighted by Crippen LogP contribution is 2.22. The second-order valence-corrected chi connectivity index (χ2v) is 7.35. The summed E-state index contributed by atoms with van der Waals surface area (Å²) in [6.45, 7) is 2.96. The fraction of sp³-hybridized carbons (Fsp3) is 0.556. The van der Waals surface area contributed by atoms with Gasteiger partial charge in [0.15, 0.2) is 0 Å². The number of nitrogens with one attached hydrogen (secondary N) is 1. The van der Waals surface area contributed by atoms with E-state index in [9.17, 15) is 9.59 Å². The Bertz CT molecular complexity index is 569. The Morgan fingerprint density at radius 2 is 1.92 bits per heavy atom. The fourth-order valence-electron chi connectivity index (χ4n) is 2.90. The molecule has 2 amide bonds. The molecule has 0 saturated carbocycles. The van der Waals surface area contributed by atoms with E-state index in [2.05, 4.69) is 26.1 Å². The van der Waals surface area contributed by atoms with Crippen LogP contribution in [0.15, 0.2) is 28.7 Å². The van der Waals surface area contributed by atoms with Gasteiger partial charge in [0, 0.05) is 30.0 Å². The Morgan fingerprint density at radius 3 is 2.54 bits per heavy atom. The van der Waals surface area contributed by atoms with Gasteiger partial charge < -0.3 is 15.1 Å². The number of carbonyl (C=O) groups is 2. The van der Waals surface area contributed by atoms with Crippen molar-refractivity contribution < 1.29 is 9.59 Å². The van der Waals surface area contributed by atoms with Crippen LogP contribution in [0.25, 0.3) is 0 Å². The molecule has 132 valence electrons. The molecule has 0 aromatic heterocycles. The highest BCUT2D eigenvalue weighted by atomic mass is 79.9. The molecule has 1 aliphatic rings. The molecule has 0 bridgehead atoms. The average Bonchev–Trinajstić information content (AvgIpc) is 2.58. The molecule has 0 unspecified atom stereocenters. The van der Waals surface area contributed by atoms with E-state index in [1.165, 1.54) is 0 Å². The molecule has 1 saturated heterocycles. The third kappa shape index (κ3) is 5.31. The van der Waals surface area contributed by atoms with Gasteiger partial charge in [0.25, 0.3) is 5.91 Å². The first-order valence-electron chi connectivity index (χ1n) is 8.45. The number of amides is 2. The summed E-state index contributed by atoms with van der Waals surface area (Å²) in [5.41, 5.74) is 0.684. The van der Waals surface area contributed by atoms with Crippen molar-refractivity contribution in [2.75, 3.05) is 40.3 Å². The molecule has 2 rings (SSSR count).